The molecule has 2 aliphatic carbocycles. The zero-order chi connectivity index (χ0) is 17.4. The summed E-state index contributed by atoms with van der Waals surface area (Å²) in [6.07, 6.45) is 6.40. The number of piperazine rings is 1. The van der Waals surface area contributed by atoms with Crippen molar-refractivity contribution in [3.8, 4) is 0 Å². The van der Waals surface area contributed by atoms with Crippen molar-refractivity contribution in [3.63, 3.8) is 0 Å². The molecule has 3 fully saturated rings. The van der Waals surface area contributed by atoms with Crippen LogP contribution in [0.25, 0.3) is 0 Å². The molecule has 0 radical (unpaired) electrons. The minimum absolute atomic E-state index is 0.0775. The minimum Gasteiger partial charge on any atom is -0.352 e. The summed E-state index contributed by atoms with van der Waals surface area (Å²) in [5.41, 5.74) is 0. The summed E-state index contributed by atoms with van der Waals surface area (Å²) in [7, 11) is -3.51. The van der Waals surface area contributed by atoms with Crippen LogP contribution in [0.3, 0.4) is 0 Å². The van der Waals surface area contributed by atoms with Crippen molar-refractivity contribution in [1.29, 1.82) is 0 Å². The Hall–Kier alpha value is -1.45. The largest absolute Gasteiger partial charge is 0.352 e. The highest BCUT2D eigenvalue weighted by Crippen LogP contribution is 2.44. The minimum atomic E-state index is -3.51. The number of nitrogens with one attached hydrogen (secondary N) is 2. The van der Waals surface area contributed by atoms with Crippen molar-refractivity contribution < 1.29 is 13.2 Å². The Bertz CT molecular complexity index is 692. The van der Waals surface area contributed by atoms with E-state index in [9.17, 15) is 13.2 Å². The van der Waals surface area contributed by atoms with Crippen molar-refractivity contribution in [2.45, 2.75) is 36.8 Å². The normalized spacial score (nSPS) is 23.1. The Balaban J connectivity index is 1.26. The van der Waals surface area contributed by atoms with Gasteiger partial charge in [-0.15, -0.1) is 0 Å². The summed E-state index contributed by atoms with van der Waals surface area (Å²) in [5.74, 6) is 1.45. The molecule has 1 aromatic heterocycles. The molecular formula is C16H25N5O3S. The van der Waals surface area contributed by atoms with Crippen LogP contribution in [0.5, 0.6) is 0 Å². The highest BCUT2D eigenvalue weighted by molar-refractivity contribution is 7.89. The van der Waals surface area contributed by atoms with Crippen LogP contribution >= 0.6 is 0 Å². The fourth-order valence-electron chi connectivity index (χ4n) is 3.62. The molecule has 3 aliphatic rings. The highest BCUT2D eigenvalue weighted by atomic mass is 32.2. The number of hydrogen-bond donors (Lipinski definition) is 2. The standard InChI is InChI=1S/C16H25N5O3S/c22-14(18-16(12-1-2-12)13-3-4-13)11-20-7-9-21(10-8-20)25(23,24)15-5-6-17-19-15/h5-6,12-13,16H,1-4,7-11H2,(H,17,19)(H,18,22). The Labute approximate surface area is 148 Å². The molecule has 0 aromatic carbocycles. The number of sulfonamides is 1. The van der Waals surface area contributed by atoms with Gasteiger partial charge in [0.2, 0.25) is 5.91 Å². The summed E-state index contributed by atoms with van der Waals surface area (Å²) in [6, 6.07) is 1.83. The van der Waals surface area contributed by atoms with E-state index in [0.717, 1.165) is 0 Å². The lowest BCUT2D eigenvalue weighted by Crippen LogP contribution is -2.52. The van der Waals surface area contributed by atoms with Gasteiger partial charge in [0.25, 0.3) is 10.0 Å². The van der Waals surface area contributed by atoms with Gasteiger partial charge in [-0.3, -0.25) is 14.8 Å². The van der Waals surface area contributed by atoms with Gasteiger partial charge in [-0.1, -0.05) is 0 Å². The molecule has 1 aromatic rings. The van der Waals surface area contributed by atoms with Crippen LogP contribution in [0, 0.1) is 11.8 Å². The van der Waals surface area contributed by atoms with Crippen molar-refractivity contribution in [1.82, 2.24) is 24.7 Å². The van der Waals surface area contributed by atoms with E-state index in [-0.39, 0.29) is 10.9 Å². The third-order valence-electron chi connectivity index (χ3n) is 5.38. The topological polar surface area (TPSA) is 98.4 Å². The van der Waals surface area contributed by atoms with E-state index in [0.29, 0.717) is 50.6 Å². The third-order valence-corrected chi connectivity index (χ3v) is 7.21. The van der Waals surface area contributed by atoms with Gasteiger partial charge >= 0.3 is 0 Å². The van der Waals surface area contributed by atoms with Crippen LogP contribution in [0.2, 0.25) is 0 Å². The fraction of sp³-hybridized carbons (Fsp3) is 0.750. The molecule has 1 saturated heterocycles. The zero-order valence-corrected chi connectivity index (χ0v) is 15.0. The summed E-state index contributed by atoms with van der Waals surface area (Å²) in [4.78, 5) is 14.4. The first-order valence-electron chi connectivity index (χ1n) is 9.05. The maximum absolute atomic E-state index is 12.4. The van der Waals surface area contributed by atoms with Gasteiger partial charge in [-0.2, -0.15) is 9.40 Å². The van der Waals surface area contributed by atoms with Crippen LogP contribution in [-0.4, -0.2) is 72.5 Å². The lowest BCUT2D eigenvalue weighted by atomic mass is 10.1. The molecule has 1 aliphatic heterocycles. The highest BCUT2D eigenvalue weighted by Gasteiger charge is 2.42. The van der Waals surface area contributed by atoms with Gasteiger partial charge in [-0.25, -0.2) is 8.42 Å². The van der Waals surface area contributed by atoms with E-state index in [1.54, 1.807) is 0 Å². The SMILES string of the molecule is O=C(CN1CCN(S(=O)(=O)c2ccn[nH]2)CC1)NC(C1CC1)C1CC1. The van der Waals surface area contributed by atoms with Gasteiger partial charge in [0.15, 0.2) is 5.03 Å². The maximum Gasteiger partial charge on any atom is 0.260 e. The number of amides is 1. The smallest absolute Gasteiger partial charge is 0.260 e. The van der Waals surface area contributed by atoms with Crippen molar-refractivity contribution >= 4 is 15.9 Å². The van der Waals surface area contributed by atoms with E-state index < -0.39 is 10.0 Å². The van der Waals surface area contributed by atoms with Crippen LogP contribution in [0.4, 0.5) is 0 Å². The monoisotopic (exact) mass is 367 g/mol. The molecule has 25 heavy (non-hydrogen) atoms. The predicted molar refractivity (Wildman–Crippen MR) is 91.2 cm³/mol. The molecule has 8 nitrogen and oxygen atoms in total. The Kier molecular flexibility index (Phi) is 4.55. The van der Waals surface area contributed by atoms with E-state index in [1.807, 2.05) is 4.90 Å². The van der Waals surface area contributed by atoms with Gasteiger partial charge in [-0.05, 0) is 43.6 Å². The second kappa shape index (κ2) is 6.69. The molecule has 2 N–H and O–H groups in total. The van der Waals surface area contributed by atoms with E-state index in [4.69, 9.17) is 0 Å². The number of hydrogen-bond acceptors (Lipinski definition) is 5. The maximum atomic E-state index is 12.4. The van der Waals surface area contributed by atoms with Gasteiger partial charge < -0.3 is 5.32 Å². The van der Waals surface area contributed by atoms with Gasteiger partial charge in [0, 0.05) is 32.2 Å². The van der Waals surface area contributed by atoms with Crippen molar-refractivity contribution in [3.05, 3.63) is 12.3 Å². The summed E-state index contributed by atoms with van der Waals surface area (Å²) >= 11 is 0. The van der Waals surface area contributed by atoms with Crippen LogP contribution in [-0.2, 0) is 14.8 Å². The number of carbonyl (C=O) groups is 1. The second-order valence-corrected chi connectivity index (χ2v) is 9.28. The summed E-state index contributed by atoms with van der Waals surface area (Å²) in [5, 5.41) is 9.57. The number of nitrogens with zero attached hydrogens (tertiary/aromatic N) is 3. The molecule has 4 rings (SSSR count). The Morgan fingerprint density at radius 1 is 1.20 bits per heavy atom. The van der Waals surface area contributed by atoms with Crippen molar-refractivity contribution in [2.75, 3.05) is 32.7 Å². The quantitative estimate of drug-likeness (QED) is 0.708. The second-order valence-electron chi connectivity index (χ2n) is 7.37. The molecule has 1 amide bonds. The first-order valence-corrected chi connectivity index (χ1v) is 10.5. The van der Waals surface area contributed by atoms with Gasteiger partial charge in [0.1, 0.15) is 0 Å². The molecule has 0 spiro atoms. The molecule has 2 heterocycles. The molecule has 0 bridgehead atoms. The predicted octanol–water partition coefficient (Wildman–Crippen LogP) is 0.0208. The zero-order valence-electron chi connectivity index (χ0n) is 14.2. The van der Waals surface area contributed by atoms with Crippen LogP contribution in [0.15, 0.2) is 17.3 Å². The van der Waals surface area contributed by atoms with Crippen LogP contribution in [0.1, 0.15) is 25.7 Å². The van der Waals surface area contributed by atoms with Crippen molar-refractivity contribution in [2.24, 2.45) is 11.8 Å². The van der Waals surface area contributed by atoms with E-state index in [2.05, 4.69) is 15.5 Å². The number of rotatable bonds is 7. The average molecular weight is 367 g/mol. The third kappa shape index (κ3) is 3.88. The number of H-pyrrole nitrogens is 1. The summed E-state index contributed by atoms with van der Waals surface area (Å²) < 4.78 is 26.3. The Morgan fingerprint density at radius 2 is 1.84 bits per heavy atom. The first kappa shape index (κ1) is 17.0. The lowest BCUT2D eigenvalue weighted by Gasteiger charge is -2.33. The first-order chi connectivity index (χ1) is 12.0. The average Bonchev–Trinajstić information content (AvgIpc) is 3.53. The number of aromatic amines is 1. The molecule has 0 atom stereocenters. The molecular weight excluding hydrogens is 342 g/mol. The molecule has 138 valence electrons. The van der Waals surface area contributed by atoms with E-state index in [1.165, 1.54) is 42.3 Å². The van der Waals surface area contributed by atoms with E-state index >= 15 is 0 Å². The van der Waals surface area contributed by atoms with Crippen LogP contribution < -0.4 is 5.32 Å². The number of carbonyl (C=O) groups excluding carboxylic acids is 1. The molecule has 0 unspecified atom stereocenters. The molecule has 9 heteroatoms. The lowest BCUT2D eigenvalue weighted by molar-refractivity contribution is -0.123. The Morgan fingerprint density at radius 3 is 2.36 bits per heavy atom. The fourth-order valence-corrected chi connectivity index (χ4v) is 4.94. The number of aromatic nitrogens is 2. The van der Waals surface area contributed by atoms with Gasteiger partial charge in [0.05, 0.1) is 12.7 Å². The summed E-state index contributed by atoms with van der Waals surface area (Å²) in [6.45, 7) is 2.27. The molecule has 2 saturated carbocycles.